The van der Waals surface area contributed by atoms with Gasteiger partial charge in [-0.15, -0.1) is 0 Å². The second-order valence-corrected chi connectivity index (χ2v) is 8.48. The Balaban J connectivity index is 1.24. The minimum atomic E-state index is -0.135. The Hall–Kier alpha value is -1.97. The molecule has 4 aliphatic rings. The highest BCUT2D eigenvalue weighted by Crippen LogP contribution is 2.53. The van der Waals surface area contributed by atoms with Gasteiger partial charge in [0.25, 0.3) is 0 Å². The fourth-order valence-electron chi connectivity index (χ4n) is 5.84. The summed E-state index contributed by atoms with van der Waals surface area (Å²) in [6, 6.07) is 10.2. The highest BCUT2D eigenvalue weighted by molar-refractivity contribution is 5.78. The summed E-state index contributed by atoms with van der Waals surface area (Å²) in [7, 11) is 0. The van der Waals surface area contributed by atoms with Crippen LogP contribution in [0.2, 0.25) is 0 Å². The third kappa shape index (κ3) is 2.72. The second-order valence-electron chi connectivity index (χ2n) is 8.48. The fourth-order valence-corrected chi connectivity index (χ4v) is 5.84. The molecule has 0 aliphatic heterocycles. The van der Waals surface area contributed by atoms with Crippen molar-refractivity contribution in [2.75, 3.05) is 0 Å². The summed E-state index contributed by atoms with van der Waals surface area (Å²) in [5.74, 6) is 4.06. The van der Waals surface area contributed by atoms with Crippen molar-refractivity contribution in [2.24, 2.45) is 23.7 Å². The van der Waals surface area contributed by atoms with Crippen molar-refractivity contribution in [3.05, 3.63) is 36.1 Å². The minimum Gasteiger partial charge on any atom is -0.459 e. The molecule has 0 spiro atoms. The molecular weight excluding hydrogens is 312 g/mol. The molecule has 1 heterocycles. The molecule has 4 bridgehead atoms. The van der Waals surface area contributed by atoms with Crippen LogP contribution in [0.15, 0.2) is 34.7 Å². The summed E-state index contributed by atoms with van der Waals surface area (Å²) < 4.78 is 5.87. The normalized spacial score (nSPS) is 34.2. The predicted octanol–water partition coefficient (Wildman–Crippen LogP) is 4.62. The largest absolute Gasteiger partial charge is 0.459 e. The highest BCUT2D eigenvalue weighted by Gasteiger charge is 2.48. The van der Waals surface area contributed by atoms with E-state index in [0.29, 0.717) is 17.9 Å². The third-order valence-corrected chi connectivity index (χ3v) is 6.74. The van der Waals surface area contributed by atoms with Crippen LogP contribution in [-0.2, 0) is 0 Å². The lowest BCUT2D eigenvalue weighted by Gasteiger charge is -2.54. The van der Waals surface area contributed by atoms with E-state index in [4.69, 9.17) is 4.42 Å². The molecule has 25 heavy (non-hydrogen) atoms. The van der Waals surface area contributed by atoms with Gasteiger partial charge in [-0.05, 0) is 74.8 Å². The maximum Gasteiger partial charge on any atom is 0.315 e. The lowest BCUT2D eigenvalue weighted by Crippen LogP contribution is -2.57. The summed E-state index contributed by atoms with van der Waals surface area (Å²) in [6.45, 7) is 1.98. The van der Waals surface area contributed by atoms with Crippen molar-refractivity contribution >= 4 is 17.0 Å². The zero-order valence-corrected chi connectivity index (χ0v) is 14.7. The first-order chi connectivity index (χ1) is 12.2. The smallest absolute Gasteiger partial charge is 0.315 e. The molecule has 1 aromatic carbocycles. The van der Waals surface area contributed by atoms with Crippen LogP contribution in [0.25, 0.3) is 11.0 Å². The number of carbonyl (C=O) groups is 1. The molecule has 0 radical (unpaired) electrons. The van der Waals surface area contributed by atoms with Gasteiger partial charge in [-0.1, -0.05) is 18.2 Å². The van der Waals surface area contributed by atoms with Gasteiger partial charge in [0.05, 0.1) is 6.04 Å². The van der Waals surface area contributed by atoms with Crippen LogP contribution >= 0.6 is 0 Å². The number of carbonyl (C=O) groups excluding carboxylic acids is 1. The average molecular weight is 338 g/mol. The van der Waals surface area contributed by atoms with Crippen LogP contribution in [0.3, 0.4) is 0 Å². The molecule has 4 saturated carbocycles. The molecule has 1 unspecified atom stereocenters. The number of hydrogen-bond acceptors (Lipinski definition) is 2. The van der Waals surface area contributed by atoms with Crippen molar-refractivity contribution < 1.29 is 9.21 Å². The molecule has 2 N–H and O–H groups in total. The number of rotatable bonds is 3. The summed E-state index contributed by atoms with van der Waals surface area (Å²) in [5.41, 5.74) is 0.868. The van der Waals surface area contributed by atoms with Crippen LogP contribution in [0.5, 0.6) is 0 Å². The molecule has 4 fully saturated rings. The maximum atomic E-state index is 12.6. The Kier molecular flexibility index (Phi) is 3.54. The third-order valence-electron chi connectivity index (χ3n) is 6.74. The number of fused-ring (bicyclic) bond motifs is 1. The number of furan rings is 1. The van der Waals surface area contributed by atoms with E-state index >= 15 is 0 Å². The van der Waals surface area contributed by atoms with Crippen molar-refractivity contribution in [1.29, 1.82) is 0 Å². The van der Waals surface area contributed by atoms with E-state index in [-0.39, 0.29) is 12.1 Å². The molecule has 1 atom stereocenters. The van der Waals surface area contributed by atoms with Crippen molar-refractivity contribution in [1.82, 2.24) is 10.6 Å². The van der Waals surface area contributed by atoms with E-state index in [1.54, 1.807) is 0 Å². The molecule has 0 saturated heterocycles. The first-order valence-electron chi connectivity index (χ1n) is 9.71. The van der Waals surface area contributed by atoms with E-state index in [0.717, 1.165) is 28.6 Å². The summed E-state index contributed by atoms with van der Waals surface area (Å²) in [4.78, 5) is 12.6. The van der Waals surface area contributed by atoms with Crippen molar-refractivity contribution in [3.63, 3.8) is 0 Å². The number of benzene rings is 1. The van der Waals surface area contributed by atoms with Crippen LogP contribution in [0.1, 0.15) is 50.8 Å². The molecule has 2 amide bonds. The van der Waals surface area contributed by atoms with E-state index in [1.165, 1.54) is 32.1 Å². The van der Waals surface area contributed by atoms with Crippen LogP contribution in [0, 0.1) is 23.7 Å². The zero-order chi connectivity index (χ0) is 17.0. The maximum absolute atomic E-state index is 12.6. The molecule has 4 aliphatic carbocycles. The first kappa shape index (κ1) is 15.3. The number of urea groups is 1. The molecular formula is C21H26N2O2. The topological polar surface area (TPSA) is 54.3 Å². The Bertz CT molecular complexity index is 735. The van der Waals surface area contributed by atoms with Gasteiger partial charge >= 0.3 is 6.03 Å². The van der Waals surface area contributed by atoms with Gasteiger partial charge in [0.2, 0.25) is 0 Å². The highest BCUT2D eigenvalue weighted by atomic mass is 16.3. The SMILES string of the molecule is CC(NC(=O)NC1C2CC3CC(C2)CC1C3)c1cc2ccccc2o1. The zero-order valence-electron chi connectivity index (χ0n) is 14.7. The summed E-state index contributed by atoms with van der Waals surface area (Å²) in [6.07, 6.45) is 6.71. The molecule has 4 heteroatoms. The van der Waals surface area contributed by atoms with Crippen molar-refractivity contribution in [3.8, 4) is 0 Å². The molecule has 6 rings (SSSR count). The molecule has 1 aromatic heterocycles. The average Bonchev–Trinajstić information content (AvgIpc) is 3.02. The number of nitrogens with one attached hydrogen (secondary N) is 2. The lowest BCUT2D eigenvalue weighted by atomic mass is 9.54. The van der Waals surface area contributed by atoms with E-state index in [9.17, 15) is 4.79 Å². The second kappa shape index (κ2) is 5.79. The summed E-state index contributed by atoms with van der Waals surface area (Å²) in [5, 5.41) is 7.45. The Morgan fingerprint density at radius 3 is 2.44 bits per heavy atom. The Morgan fingerprint density at radius 2 is 1.76 bits per heavy atom. The van der Waals surface area contributed by atoms with Gasteiger partial charge in [0.15, 0.2) is 0 Å². The Morgan fingerprint density at radius 1 is 1.08 bits per heavy atom. The van der Waals surface area contributed by atoms with Crippen molar-refractivity contribution in [2.45, 2.75) is 51.1 Å². The molecule has 4 nitrogen and oxygen atoms in total. The minimum absolute atomic E-state index is 0.0505. The van der Waals surface area contributed by atoms with Gasteiger partial charge in [0.1, 0.15) is 11.3 Å². The monoisotopic (exact) mass is 338 g/mol. The van der Waals surface area contributed by atoms with Crippen LogP contribution < -0.4 is 10.6 Å². The standard InChI is InChI=1S/C21H26N2O2/c1-12(19-11-15-4-2-3-5-18(15)25-19)22-21(24)23-20-16-7-13-6-14(9-16)10-17(20)8-13/h2-5,11-14,16-17,20H,6-10H2,1H3,(H2,22,23,24). The van der Waals surface area contributed by atoms with Crippen LogP contribution in [0.4, 0.5) is 4.79 Å². The van der Waals surface area contributed by atoms with E-state index < -0.39 is 0 Å². The molecule has 132 valence electrons. The number of para-hydroxylation sites is 1. The predicted molar refractivity (Wildman–Crippen MR) is 97.1 cm³/mol. The van der Waals surface area contributed by atoms with Gasteiger partial charge in [-0.25, -0.2) is 4.79 Å². The Labute approximate surface area is 148 Å². The van der Waals surface area contributed by atoms with Gasteiger partial charge in [0, 0.05) is 11.4 Å². The fraction of sp³-hybridized carbons (Fsp3) is 0.571. The van der Waals surface area contributed by atoms with Gasteiger partial charge in [-0.2, -0.15) is 0 Å². The van der Waals surface area contributed by atoms with Crippen LogP contribution in [-0.4, -0.2) is 12.1 Å². The number of hydrogen-bond donors (Lipinski definition) is 2. The lowest BCUT2D eigenvalue weighted by molar-refractivity contribution is -0.00952. The first-order valence-corrected chi connectivity index (χ1v) is 9.71. The van der Waals surface area contributed by atoms with Gasteiger partial charge < -0.3 is 15.1 Å². The summed E-state index contributed by atoms with van der Waals surface area (Å²) >= 11 is 0. The number of amides is 2. The molecule has 2 aromatic rings. The van der Waals surface area contributed by atoms with Gasteiger partial charge in [-0.3, -0.25) is 0 Å². The van der Waals surface area contributed by atoms with E-state index in [1.807, 2.05) is 37.3 Å². The quantitative estimate of drug-likeness (QED) is 0.858. The van der Waals surface area contributed by atoms with E-state index in [2.05, 4.69) is 10.6 Å².